The van der Waals surface area contributed by atoms with E-state index >= 15 is 0 Å². The van der Waals surface area contributed by atoms with Gasteiger partial charge in [0.05, 0.1) is 0 Å². The molecule has 1 aromatic carbocycles. The monoisotopic (exact) mass is 263 g/mol. The third-order valence-electron chi connectivity index (χ3n) is 3.31. The van der Waals surface area contributed by atoms with Gasteiger partial charge in [0, 0.05) is 22.2 Å². The van der Waals surface area contributed by atoms with Crippen molar-refractivity contribution in [2.75, 3.05) is 13.2 Å². The molecule has 98 valence electrons. The summed E-state index contributed by atoms with van der Waals surface area (Å²) in [7, 11) is 0. The smallest absolute Gasteiger partial charge is 0.0431 e. The predicted molar refractivity (Wildman–Crippen MR) is 79.3 cm³/mol. The highest BCUT2D eigenvalue weighted by Crippen LogP contribution is 2.34. The Morgan fingerprint density at radius 2 is 2.06 bits per heavy atom. The molecule has 0 aliphatic rings. The Hall–Kier alpha value is -0.900. The fourth-order valence-corrected chi connectivity index (χ4v) is 3.49. The van der Waals surface area contributed by atoms with Gasteiger partial charge >= 0.3 is 0 Å². The van der Waals surface area contributed by atoms with E-state index in [2.05, 4.69) is 43.4 Å². The number of fused-ring (bicyclic) bond motifs is 1. The van der Waals surface area contributed by atoms with Crippen LogP contribution in [0, 0.1) is 6.92 Å². The van der Waals surface area contributed by atoms with Crippen LogP contribution in [0.15, 0.2) is 24.3 Å². The highest BCUT2D eigenvalue weighted by atomic mass is 32.1. The molecule has 0 fully saturated rings. The fraction of sp³-hybridized carbons (Fsp3) is 0.467. The minimum atomic E-state index is 0.290. The van der Waals surface area contributed by atoms with Crippen LogP contribution in [-0.2, 0) is 0 Å². The van der Waals surface area contributed by atoms with Gasteiger partial charge in [0.1, 0.15) is 0 Å². The molecular formula is C15H21NOS. The maximum atomic E-state index is 8.76. The van der Waals surface area contributed by atoms with Gasteiger partial charge in [-0.15, -0.1) is 11.3 Å². The molecule has 1 heterocycles. The lowest BCUT2D eigenvalue weighted by atomic mass is 10.1. The average molecular weight is 263 g/mol. The molecule has 1 atom stereocenters. The molecule has 0 aliphatic carbocycles. The molecule has 1 unspecified atom stereocenters. The van der Waals surface area contributed by atoms with Crippen molar-refractivity contribution in [1.29, 1.82) is 0 Å². The number of thiophene rings is 1. The first-order valence-corrected chi connectivity index (χ1v) is 7.38. The van der Waals surface area contributed by atoms with Crippen LogP contribution in [0.2, 0.25) is 0 Å². The van der Waals surface area contributed by atoms with Gasteiger partial charge in [-0.25, -0.2) is 0 Å². The number of nitrogens with one attached hydrogen (secondary N) is 1. The first kappa shape index (κ1) is 13.5. The normalized spacial score (nSPS) is 13.1. The summed E-state index contributed by atoms with van der Waals surface area (Å²) in [4.78, 5) is 1.43. The van der Waals surface area contributed by atoms with Crippen LogP contribution in [0.25, 0.3) is 10.1 Å². The van der Waals surface area contributed by atoms with Crippen molar-refractivity contribution in [1.82, 2.24) is 5.32 Å². The first-order chi connectivity index (χ1) is 8.74. The Labute approximate surface area is 113 Å². The molecule has 0 saturated heterocycles. The summed E-state index contributed by atoms with van der Waals surface area (Å²) in [5.74, 6) is 0. The van der Waals surface area contributed by atoms with E-state index in [4.69, 9.17) is 5.11 Å². The predicted octanol–water partition coefficient (Wildman–Crippen LogP) is 3.63. The average Bonchev–Trinajstić information content (AvgIpc) is 2.73. The molecule has 0 radical (unpaired) electrons. The third-order valence-corrected chi connectivity index (χ3v) is 4.76. The number of aryl methyl sites for hydroxylation is 1. The Kier molecular flexibility index (Phi) is 4.75. The Morgan fingerprint density at radius 3 is 2.78 bits per heavy atom. The quantitative estimate of drug-likeness (QED) is 0.780. The largest absolute Gasteiger partial charge is 0.396 e. The molecule has 2 N–H and O–H groups in total. The van der Waals surface area contributed by atoms with E-state index in [1.807, 2.05) is 11.3 Å². The Morgan fingerprint density at radius 1 is 1.28 bits per heavy atom. The van der Waals surface area contributed by atoms with Crippen LogP contribution >= 0.6 is 11.3 Å². The van der Waals surface area contributed by atoms with Crippen molar-refractivity contribution in [2.45, 2.75) is 32.7 Å². The third kappa shape index (κ3) is 2.91. The molecule has 2 aromatic rings. The minimum Gasteiger partial charge on any atom is -0.396 e. The van der Waals surface area contributed by atoms with Gasteiger partial charge in [-0.3, -0.25) is 0 Å². The van der Waals surface area contributed by atoms with E-state index in [9.17, 15) is 0 Å². The van der Waals surface area contributed by atoms with E-state index < -0.39 is 0 Å². The van der Waals surface area contributed by atoms with E-state index in [-0.39, 0.29) is 6.61 Å². The molecule has 0 aliphatic heterocycles. The van der Waals surface area contributed by atoms with Crippen LogP contribution in [0.4, 0.5) is 0 Å². The van der Waals surface area contributed by atoms with Gasteiger partial charge in [0.25, 0.3) is 0 Å². The Bertz CT molecular complexity index is 506. The van der Waals surface area contributed by atoms with Crippen molar-refractivity contribution >= 4 is 21.4 Å². The van der Waals surface area contributed by atoms with Crippen LogP contribution < -0.4 is 5.32 Å². The van der Waals surface area contributed by atoms with Gasteiger partial charge in [-0.1, -0.05) is 18.2 Å². The molecule has 0 bridgehead atoms. The summed E-state index contributed by atoms with van der Waals surface area (Å²) in [5, 5.41) is 13.7. The SMILES string of the molecule is Cc1c(C(C)NCCCCO)sc2ccccc12. The summed E-state index contributed by atoms with van der Waals surface area (Å²) in [6, 6.07) is 8.98. The lowest BCUT2D eigenvalue weighted by Gasteiger charge is -2.13. The highest BCUT2D eigenvalue weighted by Gasteiger charge is 2.13. The minimum absolute atomic E-state index is 0.290. The van der Waals surface area contributed by atoms with Gasteiger partial charge in [0.15, 0.2) is 0 Å². The zero-order valence-corrected chi connectivity index (χ0v) is 11.9. The number of benzene rings is 1. The van der Waals surface area contributed by atoms with E-state index in [0.717, 1.165) is 19.4 Å². The summed E-state index contributed by atoms with van der Waals surface area (Å²) in [6.45, 7) is 5.68. The number of aliphatic hydroxyl groups excluding tert-OH is 1. The number of hydrogen-bond donors (Lipinski definition) is 2. The van der Waals surface area contributed by atoms with Gasteiger partial charge in [0.2, 0.25) is 0 Å². The maximum absolute atomic E-state index is 8.76. The highest BCUT2D eigenvalue weighted by molar-refractivity contribution is 7.19. The van der Waals surface area contributed by atoms with Crippen molar-refractivity contribution in [3.63, 3.8) is 0 Å². The molecule has 0 spiro atoms. The molecule has 3 heteroatoms. The standard InChI is InChI=1S/C15H21NOS/c1-11-13-7-3-4-8-14(13)18-15(11)12(2)16-9-5-6-10-17/h3-4,7-8,12,16-17H,5-6,9-10H2,1-2H3. The number of unbranched alkanes of at least 4 members (excludes halogenated alkanes) is 1. The summed E-state index contributed by atoms with van der Waals surface area (Å²) in [6.07, 6.45) is 1.91. The topological polar surface area (TPSA) is 32.3 Å². The van der Waals surface area contributed by atoms with Gasteiger partial charge in [-0.05, 0) is 50.2 Å². The second-order valence-corrected chi connectivity index (χ2v) is 5.78. The van der Waals surface area contributed by atoms with Crippen LogP contribution in [-0.4, -0.2) is 18.3 Å². The molecule has 1 aromatic heterocycles. The Balaban J connectivity index is 2.08. The van der Waals surface area contributed by atoms with Gasteiger partial charge in [-0.2, -0.15) is 0 Å². The lowest BCUT2D eigenvalue weighted by molar-refractivity contribution is 0.283. The second kappa shape index (κ2) is 6.32. The van der Waals surface area contributed by atoms with Crippen molar-refractivity contribution in [3.05, 3.63) is 34.7 Å². The van der Waals surface area contributed by atoms with Crippen LogP contribution in [0.5, 0.6) is 0 Å². The van der Waals surface area contributed by atoms with Crippen LogP contribution in [0.3, 0.4) is 0 Å². The first-order valence-electron chi connectivity index (χ1n) is 6.56. The van der Waals surface area contributed by atoms with Gasteiger partial charge < -0.3 is 10.4 Å². The van der Waals surface area contributed by atoms with Crippen molar-refractivity contribution < 1.29 is 5.11 Å². The molecule has 2 rings (SSSR count). The maximum Gasteiger partial charge on any atom is 0.0431 e. The van der Waals surface area contributed by atoms with E-state index in [1.165, 1.54) is 20.5 Å². The van der Waals surface area contributed by atoms with Crippen molar-refractivity contribution in [2.24, 2.45) is 0 Å². The zero-order chi connectivity index (χ0) is 13.0. The van der Waals surface area contributed by atoms with Crippen LogP contribution in [0.1, 0.15) is 36.2 Å². The molecule has 18 heavy (non-hydrogen) atoms. The number of aliphatic hydroxyl groups is 1. The summed E-state index contributed by atoms with van der Waals surface area (Å²) < 4.78 is 1.37. The zero-order valence-electron chi connectivity index (χ0n) is 11.1. The molecule has 2 nitrogen and oxygen atoms in total. The number of rotatable bonds is 6. The summed E-state index contributed by atoms with van der Waals surface area (Å²) >= 11 is 1.88. The number of hydrogen-bond acceptors (Lipinski definition) is 3. The fourth-order valence-electron chi connectivity index (χ4n) is 2.25. The van der Waals surface area contributed by atoms with E-state index in [0.29, 0.717) is 6.04 Å². The molecule has 0 amide bonds. The summed E-state index contributed by atoms with van der Waals surface area (Å²) in [5.41, 5.74) is 1.40. The molecule has 0 saturated carbocycles. The van der Waals surface area contributed by atoms with E-state index in [1.54, 1.807) is 0 Å². The second-order valence-electron chi connectivity index (χ2n) is 4.69. The lowest BCUT2D eigenvalue weighted by Crippen LogP contribution is -2.19. The molecular weight excluding hydrogens is 242 g/mol. The van der Waals surface area contributed by atoms with Crippen molar-refractivity contribution in [3.8, 4) is 0 Å².